The Hall–Kier alpha value is -3.42. The molecule has 0 atom stereocenters. The third kappa shape index (κ3) is 3.34. The van der Waals surface area contributed by atoms with Crippen LogP contribution in [-0.2, 0) is 0 Å². The highest BCUT2D eigenvalue weighted by Gasteiger charge is 2.20. The van der Waals surface area contributed by atoms with Crippen LogP contribution in [-0.4, -0.2) is 30.9 Å². The number of nitrogens with one attached hydrogen (secondary N) is 1. The number of benzene rings is 1. The first kappa shape index (κ1) is 17.4. The number of carboxylic acid groups (broad SMARTS) is 1. The van der Waals surface area contributed by atoms with E-state index in [1.807, 2.05) is 20.8 Å². The molecule has 26 heavy (non-hydrogen) atoms. The summed E-state index contributed by atoms with van der Waals surface area (Å²) >= 11 is 0. The van der Waals surface area contributed by atoms with Crippen molar-refractivity contribution >= 4 is 23.1 Å². The lowest BCUT2D eigenvalue weighted by Gasteiger charge is -2.22. The highest BCUT2D eigenvalue weighted by Crippen LogP contribution is 2.32. The number of aromatic nitrogens is 2. The largest absolute Gasteiger partial charge is 0.478 e. The van der Waals surface area contributed by atoms with Crippen molar-refractivity contribution in [1.29, 1.82) is 0 Å². The van der Waals surface area contributed by atoms with E-state index in [9.17, 15) is 20.0 Å². The van der Waals surface area contributed by atoms with Gasteiger partial charge in [0.05, 0.1) is 10.5 Å². The van der Waals surface area contributed by atoms with Gasteiger partial charge in [-0.15, -0.1) is 0 Å². The molecule has 0 radical (unpaired) electrons. The van der Waals surface area contributed by atoms with Crippen LogP contribution in [0.5, 0.6) is 0 Å². The Morgan fingerprint density at radius 2 is 1.85 bits per heavy atom. The van der Waals surface area contributed by atoms with E-state index in [2.05, 4.69) is 10.3 Å². The van der Waals surface area contributed by atoms with Crippen molar-refractivity contribution in [2.24, 2.45) is 0 Å². The van der Waals surface area contributed by atoms with Crippen LogP contribution in [0.3, 0.4) is 0 Å². The molecule has 8 nitrogen and oxygen atoms in total. The summed E-state index contributed by atoms with van der Waals surface area (Å²) < 4.78 is 1.69. The number of aromatic carboxylic acids is 1. The number of carboxylic acids is 1. The fourth-order valence-corrected chi connectivity index (χ4v) is 2.59. The summed E-state index contributed by atoms with van der Waals surface area (Å²) in [4.78, 5) is 26.3. The Morgan fingerprint density at radius 3 is 2.38 bits per heavy atom. The van der Waals surface area contributed by atoms with E-state index in [0.29, 0.717) is 22.7 Å². The lowest BCUT2D eigenvalue weighted by atomic mass is 10.1. The molecule has 0 aliphatic heterocycles. The Balaban J connectivity index is 2.21. The smallest absolute Gasteiger partial charge is 0.337 e. The molecule has 0 saturated heterocycles. The van der Waals surface area contributed by atoms with Crippen molar-refractivity contribution < 1.29 is 14.8 Å². The maximum Gasteiger partial charge on any atom is 0.337 e. The first-order valence-corrected chi connectivity index (χ1v) is 7.94. The number of nitrogens with zero attached hydrogens (tertiary/aromatic N) is 3. The summed E-state index contributed by atoms with van der Waals surface area (Å²) in [6.45, 7) is 5.94. The Morgan fingerprint density at radius 1 is 1.19 bits per heavy atom. The maximum atomic E-state index is 11.3. The molecular formula is C18H18N4O4. The van der Waals surface area contributed by atoms with Crippen molar-refractivity contribution in [1.82, 2.24) is 9.38 Å². The number of non-ortho nitro benzene ring substituents is 1. The molecule has 8 heteroatoms. The van der Waals surface area contributed by atoms with E-state index in [4.69, 9.17) is 0 Å². The van der Waals surface area contributed by atoms with E-state index in [-0.39, 0.29) is 16.8 Å². The van der Waals surface area contributed by atoms with Gasteiger partial charge in [-0.1, -0.05) is 0 Å². The number of carbonyl (C=O) groups is 1. The molecule has 134 valence electrons. The number of nitro benzene ring substituents is 1. The van der Waals surface area contributed by atoms with E-state index in [1.165, 1.54) is 24.4 Å². The second kappa shape index (κ2) is 6.14. The predicted octanol–water partition coefficient (Wildman–Crippen LogP) is 3.82. The van der Waals surface area contributed by atoms with Gasteiger partial charge in [0.2, 0.25) is 0 Å². The van der Waals surface area contributed by atoms with E-state index in [1.54, 1.807) is 22.6 Å². The van der Waals surface area contributed by atoms with Crippen LogP contribution < -0.4 is 5.32 Å². The number of fused-ring (bicyclic) bond motifs is 1. The number of pyridine rings is 1. The highest BCUT2D eigenvalue weighted by atomic mass is 16.6. The molecule has 0 aliphatic carbocycles. The van der Waals surface area contributed by atoms with Crippen LogP contribution in [0.4, 0.5) is 11.5 Å². The molecule has 0 bridgehead atoms. The number of hydrogen-bond acceptors (Lipinski definition) is 5. The van der Waals surface area contributed by atoms with Crippen molar-refractivity contribution in [2.45, 2.75) is 26.3 Å². The van der Waals surface area contributed by atoms with Crippen LogP contribution in [0, 0.1) is 10.1 Å². The molecule has 0 saturated carbocycles. The number of nitro groups is 1. The van der Waals surface area contributed by atoms with Crippen molar-refractivity contribution in [2.75, 3.05) is 5.32 Å². The van der Waals surface area contributed by atoms with Gasteiger partial charge in [0.1, 0.15) is 17.2 Å². The van der Waals surface area contributed by atoms with Gasteiger partial charge in [-0.3, -0.25) is 14.5 Å². The Kier molecular flexibility index (Phi) is 4.11. The molecule has 2 aromatic heterocycles. The number of imidazole rings is 1. The second-order valence-electron chi connectivity index (χ2n) is 6.94. The summed E-state index contributed by atoms with van der Waals surface area (Å²) in [6, 6.07) is 9.22. The molecule has 0 unspecified atom stereocenters. The topological polar surface area (TPSA) is 110 Å². The summed E-state index contributed by atoms with van der Waals surface area (Å²) in [5.74, 6) is -0.399. The molecule has 2 N–H and O–H groups in total. The Bertz CT molecular complexity index is 1000. The molecular weight excluding hydrogens is 336 g/mol. The molecule has 3 rings (SSSR count). The van der Waals surface area contributed by atoms with E-state index >= 15 is 0 Å². The number of rotatable bonds is 4. The Labute approximate surface area is 149 Å². The predicted molar refractivity (Wildman–Crippen MR) is 97.6 cm³/mol. The summed E-state index contributed by atoms with van der Waals surface area (Å²) in [6.07, 6.45) is 1.51. The second-order valence-corrected chi connectivity index (χ2v) is 6.94. The van der Waals surface area contributed by atoms with Crippen LogP contribution in [0.2, 0.25) is 0 Å². The van der Waals surface area contributed by atoms with Gasteiger partial charge in [-0.05, 0) is 45.0 Å². The first-order chi connectivity index (χ1) is 12.2. The van der Waals surface area contributed by atoms with Gasteiger partial charge in [-0.25, -0.2) is 9.78 Å². The average Bonchev–Trinajstić information content (AvgIpc) is 2.91. The monoisotopic (exact) mass is 354 g/mol. The normalized spacial score (nSPS) is 11.5. The minimum atomic E-state index is -1.03. The molecule has 0 aliphatic rings. The number of hydrogen-bond donors (Lipinski definition) is 2. The first-order valence-electron chi connectivity index (χ1n) is 7.94. The van der Waals surface area contributed by atoms with Gasteiger partial charge in [0.25, 0.3) is 5.69 Å². The van der Waals surface area contributed by atoms with Crippen molar-refractivity contribution in [3.63, 3.8) is 0 Å². The van der Waals surface area contributed by atoms with Gasteiger partial charge in [0.15, 0.2) is 0 Å². The van der Waals surface area contributed by atoms with E-state index < -0.39 is 10.9 Å². The highest BCUT2D eigenvalue weighted by molar-refractivity contribution is 5.88. The third-order valence-corrected chi connectivity index (χ3v) is 3.71. The van der Waals surface area contributed by atoms with Gasteiger partial charge >= 0.3 is 5.97 Å². The van der Waals surface area contributed by atoms with Crippen LogP contribution in [0.15, 0.2) is 42.6 Å². The minimum Gasteiger partial charge on any atom is -0.478 e. The molecule has 2 heterocycles. The molecule has 3 aromatic rings. The summed E-state index contributed by atoms with van der Waals surface area (Å²) in [7, 11) is 0. The number of anilines is 1. The molecule has 1 aromatic carbocycles. The maximum absolute atomic E-state index is 11.3. The van der Waals surface area contributed by atoms with Gasteiger partial charge in [0, 0.05) is 29.4 Å². The fourth-order valence-electron chi connectivity index (χ4n) is 2.59. The average molecular weight is 354 g/mol. The molecule has 0 amide bonds. The van der Waals surface area contributed by atoms with Crippen LogP contribution in [0.25, 0.3) is 16.9 Å². The van der Waals surface area contributed by atoms with Crippen molar-refractivity contribution in [3.05, 3.63) is 58.3 Å². The lowest BCUT2D eigenvalue weighted by Crippen LogP contribution is -2.27. The van der Waals surface area contributed by atoms with Gasteiger partial charge < -0.3 is 10.4 Å². The van der Waals surface area contributed by atoms with Crippen molar-refractivity contribution in [3.8, 4) is 11.3 Å². The zero-order valence-electron chi connectivity index (χ0n) is 14.6. The van der Waals surface area contributed by atoms with Crippen LogP contribution >= 0.6 is 0 Å². The SMILES string of the molecule is CC(C)(C)Nc1c(-c2ccc([N+](=O)[O-])cc2)nc2ccc(C(=O)O)cn12. The molecule has 0 fully saturated rings. The summed E-state index contributed by atoms with van der Waals surface area (Å²) in [5.41, 5.74) is 1.71. The quantitative estimate of drug-likeness (QED) is 0.544. The fraction of sp³-hybridized carbons (Fsp3) is 0.222. The third-order valence-electron chi connectivity index (χ3n) is 3.71. The zero-order valence-corrected chi connectivity index (χ0v) is 14.6. The van der Waals surface area contributed by atoms with Gasteiger partial charge in [-0.2, -0.15) is 0 Å². The zero-order chi connectivity index (χ0) is 19.1. The van der Waals surface area contributed by atoms with Crippen LogP contribution in [0.1, 0.15) is 31.1 Å². The minimum absolute atomic E-state index is 0.00370. The lowest BCUT2D eigenvalue weighted by molar-refractivity contribution is -0.384. The van der Waals surface area contributed by atoms with E-state index in [0.717, 1.165) is 0 Å². The standard InChI is InChI=1S/C18H18N4O4/c1-18(2,3)20-16-15(11-4-7-13(8-5-11)22(25)26)19-14-9-6-12(17(23)24)10-21(14)16/h4-10,20H,1-3H3,(H,23,24). The summed E-state index contributed by atoms with van der Waals surface area (Å²) in [5, 5.41) is 23.5. The molecule has 0 spiro atoms.